The highest BCUT2D eigenvalue weighted by molar-refractivity contribution is 5.85. The summed E-state index contributed by atoms with van der Waals surface area (Å²) in [6.07, 6.45) is 7.76. The van der Waals surface area contributed by atoms with E-state index in [2.05, 4.69) is 10.6 Å². The molecular formula is C16H26N2O4. The standard InChI is InChI=1S/C16H26N2O4/c1-3-4-9-13(16(21)22)18-14(19)10-11(2)17-15(20)12-7-5-6-8-12/h3-4,11-13H,5-10H2,1-2H3,(H,17,20)(H,18,19)(H,21,22)/b4-3+. The summed E-state index contributed by atoms with van der Waals surface area (Å²) >= 11 is 0. The topological polar surface area (TPSA) is 95.5 Å². The lowest BCUT2D eigenvalue weighted by Crippen LogP contribution is -2.44. The number of rotatable bonds is 8. The number of carboxylic acid groups (broad SMARTS) is 1. The summed E-state index contributed by atoms with van der Waals surface area (Å²) in [6, 6.07) is -1.23. The van der Waals surface area contributed by atoms with Gasteiger partial charge in [0.15, 0.2) is 0 Å². The molecule has 0 aromatic rings. The molecule has 2 unspecified atom stereocenters. The molecule has 0 spiro atoms. The summed E-state index contributed by atoms with van der Waals surface area (Å²) < 4.78 is 0. The Morgan fingerprint density at radius 1 is 1.23 bits per heavy atom. The third-order valence-electron chi connectivity index (χ3n) is 3.85. The molecule has 3 N–H and O–H groups in total. The van der Waals surface area contributed by atoms with Crippen molar-refractivity contribution in [3.63, 3.8) is 0 Å². The van der Waals surface area contributed by atoms with E-state index >= 15 is 0 Å². The molecule has 0 aliphatic heterocycles. The van der Waals surface area contributed by atoms with Crippen LogP contribution in [0.5, 0.6) is 0 Å². The van der Waals surface area contributed by atoms with Crippen LogP contribution in [0.3, 0.4) is 0 Å². The molecule has 2 atom stereocenters. The lowest BCUT2D eigenvalue weighted by molar-refractivity contribution is -0.141. The summed E-state index contributed by atoms with van der Waals surface area (Å²) in [5.41, 5.74) is 0. The van der Waals surface area contributed by atoms with Crippen molar-refractivity contribution in [2.24, 2.45) is 5.92 Å². The quantitative estimate of drug-likeness (QED) is 0.593. The molecule has 0 bridgehead atoms. The second kappa shape index (κ2) is 9.23. The number of carbonyl (C=O) groups excluding carboxylic acids is 2. The van der Waals surface area contributed by atoms with Gasteiger partial charge in [-0.15, -0.1) is 0 Å². The summed E-state index contributed by atoms with van der Waals surface area (Å²) in [6.45, 7) is 3.55. The molecule has 6 heteroatoms. The summed E-state index contributed by atoms with van der Waals surface area (Å²) in [7, 11) is 0. The zero-order valence-electron chi connectivity index (χ0n) is 13.3. The predicted molar refractivity (Wildman–Crippen MR) is 83.2 cm³/mol. The minimum absolute atomic E-state index is 0.00139. The van der Waals surface area contributed by atoms with Crippen LogP contribution in [-0.4, -0.2) is 35.0 Å². The molecule has 1 rings (SSSR count). The van der Waals surface area contributed by atoms with Crippen LogP contribution < -0.4 is 10.6 Å². The number of nitrogens with one attached hydrogen (secondary N) is 2. The molecule has 0 heterocycles. The van der Waals surface area contributed by atoms with Crippen LogP contribution >= 0.6 is 0 Å². The van der Waals surface area contributed by atoms with Crippen LogP contribution in [0.2, 0.25) is 0 Å². The number of carboxylic acids is 1. The molecule has 22 heavy (non-hydrogen) atoms. The van der Waals surface area contributed by atoms with E-state index in [9.17, 15) is 14.4 Å². The molecule has 1 fully saturated rings. The van der Waals surface area contributed by atoms with Gasteiger partial charge in [-0.1, -0.05) is 25.0 Å². The van der Waals surface area contributed by atoms with Crippen LogP contribution in [0.1, 0.15) is 52.4 Å². The largest absolute Gasteiger partial charge is 0.480 e. The van der Waals surface area contributed by atoms with Crippen LogP contribution in [-0.2, 0) is 14.4 Å². The molecule has 6 nitrogen and oxygen atoms in total. The summed E-state index contributed by atoms with van der Waals surface area (Å²) in [5, 5.41) is 14.4. The van der Waals surface area contributed by atoms with Gasteiger partial charge in [0, 0.05) is 18.4 Å². The average molecular weight is 310 g/mol. The predicted octanol–water partition coefficient (Wildman–Crippen LogP) is 1.61. The number of carbonyl (C=O) groups is 3. The third kappa shape index (κ3) is 6.28. The van der Waals surface area contributed by atoms with Crippen molar-refractivity contribution < 1.29 is 19.5 Å². The molecular weight excluding hydrogens is 284 g/mol. The normalized spacial score (nSPS) is 18.1. The van der Waals surface area contributed by atoms with Gasteiger partial charge in [0.2, 0.25) is 11.8 Å². The minimum Gasteiger partial charge on any atom is -0.480 e. The monoisotopic (exact) mass is 310 g/mol. The summed E-state index contributed by atoms with van der Waals surface area (Å²) in [5.74, 6) is -1.36. The first-order valence-corrected chi connectivity index (χ1v) is 7.87. The van der Waals surface area contributed by atoms with E-state index in [1.165, 1.54) is 0 Å². The number of hydrogen-bond acceptors (Lipinski definition) is 3. The van der Waals surface area contributed by atoms with Crippen molar-refractivity contribution in [1.82, 2.24) is 10.6 Å². The average Bonchev–Trinajstić information content (AvgIpc) is 2.96. The number of hydrogen-bond donors (Lipinski definition) is 3. The van der Waals surface area contributed by atoms with Crippen molar-refractivity contribution in [2.75, 3.05) is 0 Å². The Balaban J connectivity index is 2.38. The molecule has 1 saturated carbocycles. The van der Waals surface area contributed by atoms with Crippen molar-refractivity contribution in [3.05, 3.63) is 12.2 Å². The molecule has 1 aliphatic carbocycles. The van der Waals surface area contributed by atoms with Crippen molar-refractivity contribution in [3.8, 4) is 0 Å². The van der Waals surface area contributed by atoms with Crippen molar-refractivity contribution in [1.29, 1.82) is 0 Å². The highest BCUT2D eigenvalue weighted by Gasteiger charge is 2.25. The molecule has 0 saturated heterocycles. The lowest BCUT2D eigenvalue weighted by atomic mass is 10.1. The number of amides is 2. The van der Waals surface area contributed by atoms with Crippen molar-refractivity contribution in [2.45, 2.75) is 64.5 Å². The first-order valence-electron chi connectivity index (χ1n) is 7.87. The Kier molecular flexibility index (Phi) is 7.63. The fourth-order valence-corrected chi connectivity index (χ4v) is 2.62. The molecule has 0 aromatic carbocycles. The fraction of sp³-hybridized carbons (Fsp3) is 0.688. The Morgan fingerprint density at radius 3 is 2.41 bits per heavy atom. The van der Waals surface area contributed by atoms with Gasteiger partial charge in [0.1, 0.15) is 6.04 Å². The highest BCUT2D eigenvalue weighted by atomic mass is 16.4. The van der Waals surface area contributed by atoms with Crippen LogP contribution in [0.15, 0.2) is 12.2 Å². The van der Waals surface area contributed by atoms with E-state index in [1.54, 1.807) is 26.0 Å². The van der Waals surface area contributed by atoms with E-state index in [4.69, 9.17) is 5.11 Å². The Hall–Kier alpha value is -1.85. The number of allylic oxidation sites excluding steroid dienone is 1. The zero-order valence-corrected chi connectivity index (χ0v) is 13.3. The maximum atomic E-state index is 12.0. The zero-order chi connectivity index (χ0) is 16.5. The van der Waals surface area contributed by atoms with Gasteiger partial charge >= 0.3 is 5.97 Å². The van der Waals surface area contributed by atoms with E-state index < -0.39 is 12.0 Å². The van der Waals surface area contributed by atoms with Gasteiger partial charge < -0.3 is 15.7 Å². The van der Waals surface area contributed by atoms with E-state index in [0.717, 1.165) is 25.7 Å². The Bertz CT molecular complexity index is 428. The van der Waals surface area contributed by atoms with E-state index in [1.807, 2.05) is 0 Å². The molecule has 2 amide bonds. The van der Waals surface area contributed by atoms with Crippen LogP contribution in [0, 0.1) is 5.92 Å². The molecule has 124 valence electrons. The third-order valence-corrected chi connectivity index (χ3v) is 3.85. The van der Waals surface area contributed by atoms with Crippen LogP contribution in [0.4, 0.5) is 0 Å². The lowest BCUT2D eigenvalue weighted by Gasteiger charge is -2.18. The van der Waals surface area contributed by atoms with Gasteiger partial charge in [0.25, 0.3) is 0 Å². The minimum atomic E-state index is -1.06. The van der Waals surface area contributed by atoms with Gasteiger partial charge in [-0.2, -0.15) is 0 Å². The molecule has 0 aromatic heterocycles. The van der Waals surface area contributed by atoms with Crippen LogP contribution in [0.25, 0.3) is 0 Å². The Morgan fingerprint density at radius 2 is 1.86 bits per heavy atom. The van der Waals surface area contributed by atoms with Gasteiger partial charge in [-0.25, -0.2) is 4.79 Å². The van der Waals surface area contributed by atoms with E-state index in [-0.39, 0.29) is 36.6 Å². The Labute approximate surface area is 131 Å². The maximum Gasteiger partial charge on any atom is 0.326 e. The SMILES string of the molecule is C/C=C/CC(NC(=O)CC(C)NC(=O)C1CCCC1)C(=O)O. The fourth-order valence-electron chi connectivity index (χ4n) is 2.62. The first-order chi connectivity index (χ1) is 10.4. The molecule has 1 aliphatic rings. The van der Waals surface area contributed by atoms with Gasteiger partial charge in [-0.05, 0) is 33.1 Å². The van der Waals surface area contributed by atoms with E-state index in [0.29, 0.717) is 0 Å². The maximum absolute atomic E-state index is 12.0. The highest BCUT2D eigenvalue weighted by Crippen LogP contribution is 2.24. The van der Waals surface area contributed by atoms with Gasteiger partial charge in [0.05, 0.1) is 0 Å². The molecule has 0 radical (unpaired) electrons. The first kappa shape index (κ1) is 18.2. The second-order valence-corrected chi connectivity index (χ2v) is 5.86. The second-order valence-electron chi connectivity index (χ2n) is 5.86. The number of aliphatic carboxylic acids is 1. The smallest absolute Gasteiger partial charge is 0.326 e. The van der Waals surface area contributed by atoms with Gasteiger partial charge in [-0.3, -0.25) is 9.59 Å². The summed E-state index contributed by atoms with van der Waals surface area (Å²) in [4.78, 5) is 34.9. The van der Waals surface area contributed by atoms with Crippen molar-refractivity contribution >= 4 is 17.8 Å².